The quantitative estimate of drug-likeness (QED) is 0.444. The fraction of sp³-hybridized carbons (Fsp3) is 0.0526. The van der Waals surface area contributed by atoms with Gasteiger partial charge in [-0.3, -0.25) is 0 Å². The molecule has 22 heavy (non-hydrogen) atoms. The maximum atomic E-state index is 10.8. The lowest BCUT2D eigenvalue weighted by atomic mass is 9.93. The third kappa shape index (κ3) is 1.62. The van der Waals surface area contributed by atoms with Gasteiger partial charge in [0.05, 0.1) is 0 Å². The van der Waals surface area contributed by atoms with E-state index in [2.05, 4.69) is 4.98 Å². The van der Waals surface area contributed by atoms with Gasteiger partial charge in [0, 0.05) is 44.6 Å². The van der Waals surface area contributed by atoms with Crippen LogP contribution in [0.4, 0.5) is 0 Å². The van der Waals surface area contributed by atoms with Gasteiger partial charge in [0.2, 0.25) is 0 Å². The highest BCUT2D eigenvalue weighted by atomic mass is 16.3. The number of nitrogens with one attached hydrogen (secondary N) is 1. The first kappa shape index (κ1) is 12.8. The van der Waals surface area contributed by atoms with Crippen LogP contribution in [0.25, 0.3) is 32.8 Å². The highest BCUT2D eigenvalue weighted by Gasteiger charge is 2.19. The fourth-order valence-corrected chi connectivity index (χ4v) is 3.14. The molecule has 0 atom stereocenters. The van der Waals surface area contributed by atoms with Gasteiger partial charge in [-0.05, 0) is 13.0 Å². The van der Waals surface area contributed by atoms with Crippen LogP contribution >= 0.6 is 0 Å². The molecule has 3 aromatic carbocycles. The number of hydrogen-bond donors (Lipinski definition) is 3. The molecule has 0 aliphatic carbocycles. The highest BCUT2D eigenvalue weighted by molar-refractivity contribution is 6.05. The van der Waals surface area contributed by atoms with Crippen LogP contribution in [0.5, 0.6) is 11.5 Å². The molecule has 3 nitrogen and oxygen atoms in total. The zero-order valence-corrected chi connectivity index (χ0v) is 12.1. The zero-order valence-electron chi connectivity index (χ0n) is 12.1. The van der Waals surface area contributed by atoms with Crippen molar-refractivity contribution in [2.45, 2.75) is 6.92 Å². The van der Waals surface area contributed by atoms with Crippen molar-refractivity contribution < 1.29 is 10.2 Å². The number of H-pyrrole nitrogens is 1. The van der Waals surface area contributed by atoms with Gasteiger partial charge in [-0.15, -0.1) is 0 Å². The maximum Gasteiger partial charge on any atom is 0.131 e. The van der Waals surface area contributed by atoms with E-state index in [9.17, 15) is 10.2 Å². The molecule has 4 rings (SSSR count). The molecular formula is C19H15NO2. The molecule has 0 saturated carbocycles. The lowest BCUT2D eigenvalue weighted by Gasteiger charge is -2.14. The summed E-state index contributed by atoms with van der Waals surface area (Å²) in [6.07, 6.45) is 1.88. The number of para-hydroxylation sites is 1. The summed E-state index contributed by atoms with van der Waals surface area (Å²) in [5.41, 5.74) is 3.25. The molecule has 3 N–H and O–H groups in total. The minimum Gasteiger partial charge on any atom is -0.507 e. The molecule has 4 aromatic rings. The Labute approximate surface area is 127 Å². The molecule has 3 heteroatoms. The van der Waals surface area contributed by atoms with Gasteiger partial charge in [0.1, 0.15) is 11.5 Å². The van der Waals surface area contributed by atoms with Crippen LogP contribution in [0.15, 0.2) is 54.7 Å². The molecule has 1 heterocycles. The van der Waals surface area contributed by atoms with Crippen LogP contribution in [0.1, 0.15) is 5.56 Å². The number of aromatic amines is 1. The maximum absolute atomic E-state index is 10.8. The molecule has 0 amide bonds. The van der Waals surface area contributed by atoms with E-state index in [-0.39, 0.29) is 11.5 Å². The van der Waals surface area contributed by atoms with E-state index in [0.717, 1.165) is 16.5 Å². The Morgan fingerprint density at radius 2 is 1.36 bits per heavy atom. The average molecular weight is 289 g/mol. The van der Waals surface area contributed by atoms with Crippen LogP contribution < -0.4 is 0 Å². The Hall–Kier alpha value is -2.94. The van der Waals surface area contributed by atoms with Gasteiger partial charge in [0.15, 0.2) is 0 Å². The monoisotopic (exact) mass is 289 g/mol. The number of aromatic hydroxyl groups is 2. The standard InChI is InChI=1S/C19H15NO2/c1-11-17(15-10-20-16-9-5-4-6-12(15)16)19(22)14-8-3-2-7-13(14)18(11)21/h2-10,20-22H,1H3. The Morgan fingerprint density at radius 3 is 2.09 bits per heavy atom. The largest absolute Gasteiger partial charge is 0.507 e. The Bertz CT molecular complexity index is 1010. The topological polar surface area (TPSA) is 56.2 Å². The molecular weight excluding hydrogens is 274 g/mol. The third-order valence-corrected chi connectivity index (χ3v) is 4.26. The first-order chi connectivity index (χ1) is 10.7. The molecule has 108 valence electrons. The third-order valence-electron chi connectivity index (χ3n) is 4.26. The Balaban J connectivity index is 2.15. The molecule has 0 aliphatic heterocycles. The van der Waals surface area contributed by atoms with E-state index in [1.807, 2.05) is 61.7 Å². The summed E-state index contributed by atoms with van der Waals surface area (Å²) in [7, 11) is 0. The van der Waals surface area contributed by atoms with Crippen molar-refractivity contribution in [2.75, 3.05) is 0 Å². The summed E-state index contributed by atoms with van der Waals surface area (Å²) >= 11 is 0. The van der Waals surface area contributed by atoms with Crippen LogP contribution in [-0.2, 0) is 0 Å². The lowest BCUT2D eigenvalue weighted by molar-refractivity contribution is 0.468. The summed E-state index contributed by atoms with van der Waals surface area (Å²) in [4.78, 5) is 3.22. The second-order valence-corrected chi connectivity index (χ2v) is 5.49. The highest BCUT2D eigenvalue weighted by Crippen LogP contribution is 2.46. The molecule has 1 aromatic heterocycles. The molecule has 0 radical (unpaired) electrons. The first-order valence-corrected chi connectivity index (χ1v) is 7.18. The summed E-state index contributed by atoms with van der Waals surface area (Å²) in [5.74, 6) is 0.421. The number of aromatic nitrogens is 1. The molecule has 0 unspecified atom stereocenters. The predicted molar refractivity (Wildman–Crippen MR) is 89.3 cm³/mol. The van der Waals surface area contributed by atoms with Gasteiger partial charge < -0.3 is 15.2 Å². The second kappa shape index (κ2) is 4.53. The normalized spacial score (nSPS) is 11.3. The van der Waals surface area contributed by atoms with E-state index >= 15 is 0 Å². The number of phenolic OH excluding ortho intramolecular Hbond substituents is 2. The van der Waals surface area contributed by atoms with Gasteiger partial charge in [-0.2, -0.15) is 0 Å². The first-order valence-electron chi connectivity index (χ1n) is 7.18. The summed E-state index contributed by atoms with van der Waals surface area (Å²) < 4.78 is 0. The van der Waals surface area contributed by atoms with E-state index in [0.29, 0.717) is 21.9 Å². The lowest BCUT2D eigenvalue weighted by Crippen LogP contribution is -1.88. The van der Waals surface area contributed by atoms with Crippen molar-refractivity contribution >= 4 is 21.7 Å². The van der Waals surface area contributed by atoms with Crippen molar-refractivity contribution in [1.82, 2.24) is 4.98 Å². The minimum absolute atomic E-state index is 0.204. The summed E-state index contributed by atoms with van der Waals surface area (Å²) in [5, 5.41) is 23.6. The SMILES string of the molecule is Cc1c(-c2c[nH]c3ccccc23)c(O)c2ccccc2c1O. The number of fused-ring (bicyclic) bond motifs is 2. The van der Waals surface area contributed by atoms with Crippen molar-refractivity contribution in [3.05, 3.63) is 60.3 Å². The predicted octanol–water partition coefficient (Wildman–Crippen LogP) is 4.71. The van der Waals surface area contributed by atoms with E-state index in [1.54, 1.807) is 0 Å². The average Bonchev–Trinajstić information content (AvgIpc) is 2.97. The number of phenols is 2. The molecule has 0 saturated heterocycles. The van der Waals surface area contributed by atoms with Crippen molar-refractivity contribution in [3.63, 3.8) is 0 Å². The molecule has 0 spiro atoms. The summed E-state index contributed by atoms with van der Waals surface area (Å²) in [6, 6.07) is 15.3. The van der Waals surface area contributed by atoms with Crippen LogP contribution in [0.2, 0.25) is 0 Å². The fourth-order valence-electron chi connectivity index (χ4n) is 3.14. The van der Waals surface area contributed by atoms with Gasteiger partial charge in [-0.1, -0.05) is 42.5 Å². The van der Waals surface area contributed by atoms with Gasteiger partial charge in [0.25, 0.3) is 0 Å². The smallest absolute Gasteiger partial charge is 0.131 e. The second-order valence-electron chi connectivity index (χ2n) is 5.49. The number of benzene rings is 3. The van der Waals surface area contributed by atoms with Gasteiger partial charge in [-0.25, -0.2) is 0 Å². The van der Waals surface area contributed by atoms with Crippen LogP contribution in [0, 0.1) is 6.92 Å². The van der Waals surface area contributed by atoms with Crippen LogP contribution in [0.3, 0.4) is 0 Å². The van der Waals surface area contributed by atoms with Crippen molar-refractivity contribution in [3.8, 4) is 22.6 Å². The molecule has 0 fully saturated rings. The van der Waals surface area contributed by atoms with E-state index < -0.39 is 0 Å². The van der Waals surface area contributed by atoms with Gasteiger partial charge >= 0.3 is 0 Å². The molecule has 0 aliphatic rings. The van der Waals surface area contributed by atoms with E-state index in [4.69, 9.17) is 0 Å². The van der Waals surface area contributed by atoms with Crippen molar-refractivity contribution in [1.29, 1.82) is 0 Å². The number of hydrogen-bond acceptors (Lipinski definition) is 2. The minimum atomic E-state index is 0.204. The van der Waals surface area contributed by atoms with E-state index in [1.165, 1.54) is 0 Å². The van der Waals surface area contributed by atoms with Crippen LogP contribution in [-0.4, -0.2) is 15.2 Å². The van der Waals surface area contributed by atoms with Crippen molar-refractivity contribution in [2.24, 2.45) is 0 Å². The zero-order chi connectivity index (χ0) is 15.3. The Morgan fingerprint density at radius 1 is 0.773 bits per heavy atom. The number of rotatable bonds is 1. The Kier molecular flexibility index (Phi) is 2.63. The molecule has 0 bridgehead atoms. The summed E-state index contributed by atoms with van der Waals surface area (Å²) in [6.45, 7) is 1.83.